The van der Waals surface area contributed by atoms with Crippen LogP contribution in [0.25, 0.3) is 10.9 Å². The number of nitrogens with zero attached hydrogens (tertiary/aromatic N) is 3. The molecule has 10 heteroatoms. The molecule has 0 amide bonds. The predicted molar refractivity (Wildman–Crippen MR) is 125 cm³/mol. The van der Waals surface area contributed by atoms with Gasteiger partial charge in [-0.3, -0.25) is 4.98 Å². The van der Waals surface area contributed by atoms with Crippen LogP contribution < -0.4 is 10.8 Å². The summed E-state index contributed by atoms with van der Waals surface area (Å²) in [6.07, 6.45) is 1.52. The van der Waals surface area contributed by atoms with E-state index in [9.17, 15) is 4.57 Å². The van der Waals surface area contributed by atoms with Gasteiger partial charge in [0.25, 0.3) is 0 Å². The monoisotopic (exact) mass is 480 g/mol. The third-order valence-electron chi connectivity index (χ3n) is 5.68. The fourth-order valence-corrected chi connectivity index (χ4v) is 4.18. The van der Waals surface area contributed by atoms with E-state index < -0.39 is 36.1 Å². The first kappa shape index (κ1) is 25.1. The Morgan fingerprint density at radius 1 is 1.18 bits per heavy atom. The lowest BCUT2D eigenvalue weighted by Gasteiger charge is -2.33. The van der Waals surface area contributed by atoms with Gasteiger partial charge in [0.2, 0.25) is 0 Å². The minimum absolute atomic E-state index is 0.0504. The van der Waals surface area contributed by atoms with E-state index in [4.69, 9.17) is 4.74 Å². The van der Waals surface area contributed by atoms with Gasteiger partial charge in [0, 0.05) is 18.1 Å². The molecule has 3 aromatic rings. The second-order valence-corrected chi connectivity index (χ2v) is 12.1. The van der Waals surface area contributed by atoms with Crippen LogP contribution in [0.1, 0.15) is 43.8 Å². The molecule has 0 unspecified atom stereocenters. The van der Waals surface area contributed by atoms with E-state index in [0.29, 0.717) is 28.0 Å². The van der Waals surface area contributed by atoms with Crippen molar-refractivity contribution in [3.8, 4) is 0 Å². The molecule has 1 atom stereocenters. The van der Waals surface area contributed by atoms with Crippen LogP contribution in [0.4, 0.5) is 19.0 Å². The molecule has 33 heavy (non-hydrogen) atoms. The number of rotatable bonds is 7. The minimum atomic E-state index is -3.57. The molecule has 2 heterocycles. The van der Waals surface area contributed by atoms with Crippen LogP contribution in [-0.2, 0) is 15.2 Å². The van der Waals surface area contributed by atoms with Crippen LogP contribution in [0.5, 0.6) is 0 Å². The molecule has 0 fully saturated rings. The summed E-state index contributed by atoms with van der Waals surface area (Å²) in [5.74, 6) is -3.76. The van der Waals surface area contributed by atoms with Crippen molar-refractivity contribution in [3.05, 3.63) is 53.2 Å². The molecule has 1 N–H and O–H groups in total. The second kappa shape index (κ2) is 8.69. The Bertz CT molecular complexity index is 1240. The average molecular weight is 480 g/mol. The number of methoxy groups -OCH3 is 1. The quantitative estimate of drug-likeness (QED) is 0.456. The summed E-state index contributed by atoms with van der Waals surface area (Å²) in [5, 5.41) is 3.67. The van der Waals surface area contributed by atoms with E-state index in [1.54, 1.807) is 33.2 Å². The van der Waals surface area contributed by atoms with Gasteiger partial charge in [-0.2, -0.15) is 8.78 Å². The van der Waals surface area contributed by atoms with E-state index in [0.717, 1.165) is 13.2 Å². The minimum Gasteiger partial charge on any atom is -0.372 e. The number of benzene rings is 1. The fraction of sp³-hybridized carbons (Fsp3) is 0.435. The zero-order valence-electron chi connectivity index (χ0n) is 19.7. The lowest BCUT2D eigenvalue weighted by atomic mass is 9.90. The first-order chi connectivity index (χ1) is 15.2. The Balaban J connectivity index is 2.07. The number of anilines is 1. The van der Waals surface area contributed by atoms with E-state index in [2.05, 4.69) is 20.3 Å². The molecule has 3 rings (SSSR count). The number of halogens is 3. The first-order valence-corrected chi connectivity index (χ1v) is 13.0. The molecule has 0 bridgehead atoms. The number of fused-ring (bicyclic) bond motifs is 1. The standard InChI is InChI=1S/C23H28F3N4O2P/c1-13(15-9-8-10-17(20(15)24)23(25,26)22(3,4)32-5)28-21-16-11-19(33(6,7)31)27-12-18(16)29-14(2)30-21/h8-13H,1-7H3,(H,28,29,30)/t13-/m1/s1. The van der Waals surface area contributed by atoms with Gasteiger partial charge in [-0.25, -0.2) is 14.4 Å². The molecule has 1 aromatic carbocycles. The number of hydrogen-bond acceptors (Lipinski definition) is 6. The molecule has 6 nitrogen and oxygen atoms in total. The molecule has 0 saturated heterocycles. The van der Waals surface area contributed by atoms with E-state index in [1.165, 1.54) is 32.2 Å². The lowest BCUT2D eigenvalue weighted by molar-refractivity contribution is -0.186. The highest BCUT2D eigenvalue weighted by atomic mass is 31.2. The van der Waals surface area contributed by atoms with Gasteiger partial charge in [0.1, 0.15) is 35.6 Å². The fourth-order valence-electron chi connectivity index (χ4n) is 3.40. The topological polar surface area (TPSA) is 77.0 Å². The average Bonchev–Trinajstić information content (AvgIpc) is 2.72. The Labute approximate surface area is 191 Å². The highest BCUT2D eigenvalue weighted by molar-refractivity contribution is 7.69. The van der Waals surface area contributed by atoms with Gasteiger partial charge in [0.15, 0.2) is 0 Å². The zero-order valence-corrected chi connectivity index (χ0v) is 20.6. The summed E-state index contributed by atoms with van der Waals surface area (Å²) in [6, 6.07) is 4.83. The van der Waals surface area contributed by atoms with Gasteiger partial charge in [0.05, 0.1) is 23.3 Å². The van der Waals surface area contributed by atoms with E-state index in [1.807, 2.05) is 0 Å². The largest absolute Gasteiger partial charge is 0.372 e. The molecule has 0 aliphatic heterocycles. The normalized spacial score (nSPS) is 13.9. The summed E-state index contributed by atoms with van der Waals surface area (Å²) in [4.78, 5) is 13.0. The highest BCUT2D eigenvalue weighted by Gasteiger charge is 2.50. The van der Waals surface area contributed by atoms with Crippen molar-refractivity contribution in [1.29, 1.82) is 0 Å². The molecular formula is C23H28F3N4O2P. The molecule has 0 radical (unpaired) electrons. The molecule has 0 aliphatic carbocycles. The Morgan fingerprint density at radius 2 is 1.85 bits per heavy atom. The molecular weight excluding hydrogens is 452 g/mol. The molecule has 0 spiro atoms. The molecule has 178 valence electrons. The smallest absolute Gasteiger partial charge is 0.303 e. The van der Waals surface area contributed by atoms with Gasteiger partial charge < -0.3 is 14.6 Å². The third-order valence-corrected chi connectivity index (χ3v) is 7.03. The summed E-state index contributed by atoms with van der Waals surface area (Å²) in [5.41, 5.74) is -1.66. The molecule has 0 saturated carbocycles. The van der Waals surface area contributed by atoms with Gasteiger partial charge >= 0.3 is 5.92 Å². The Kier molecular flexibility index (Phi) is 6.61. The van der Waals surface area contributed by atoms with Crippen molar-refractivity contribution in [2.45, 2.75) is 45.3 Å². The van der Waals surface area contributed by atoms with Crippen LogP contribution >= 0.6 is 7.14 Å². The first-order valence-electron chi connectivity index (χ1n) is 10.4. The molecule has 0 aliphatic rings. The number of hydrogen-bond donors (Lipinski definition) is 1. The van der Waals surface area contributed by atoms with Crippen LogP contribution in [0.2, 0.25) is 0 Å². The SMILES string of the molecule is COC(C)(C)C(F)(F)c1cccc([C@@H](C)Nc2nc(C)nc3cnc(P(C)(C)=O)cc23)c1F. The summed E-state index contributed by atoms with van der Waals surface area (Å²) < 4.78 is 62.9. The van der Waals surface area contributed by atoms with Crippen molar-refractivity contribution < 1.29 is 22.5 Å². The van der Waals surface area contributed by atoms with E-state index in [-0.39, 0.29) is 5.56 Å². The van der Waals surface area contributed by atoms with Crippen molar-refractivity contribution >= 4 is 29.3 Å². The van der Waals surface area contributed by atoms with Gasteiger partial charge in [-0.15, -0.1) is 0 Å². The maximum absolute atomic E-state index is 15.3. The highest BCUT2D eigenvalue weighted by Crippen LogP contribution is 2.43. The summed E-state index contributed by atoms with van der Waals surface area (Å²) in [6.45, 7) is 8.98. The number of ether oxygens (including phenoxy) is 1. The number of aryl methyl sites for hydroxylation is 1. The number of aromatic nitrogens is 3. The third kappa shape index (κ3) is 4.75. The van der Waals surface area contributed by atoms with E-state index >= 15 is 13.2 Å². The number of alkyl halides is 2. The van der Waals surface area contributed by atoms with Crippen LogP contribution in [0.15, 0.2) is 30.5 Å². The Hall–Kier alpha value is -2.51. The second-order valence-electron chi connectivity index (χ2n) is 8.89. The maximum Gasteiger partial charge on any atom is 0.303 e. The summed E-state index contributed by atoms with van der Waals surface area (Å²) in [7, 11) is -1.48. The number of nitrogens with one attached hydrogen (secondary N) is 1. The zero-order chi connectivity index (χ0) is 24.8. The predicted octanol–water partition coefficient (Wildman–Crippen LogP) is 5.41. The van der Waals surface area contributed by atoms with Gasteiger partial charge in [-0.05, 0) is 53.2 Å². The Morgan fingerprint density at radius 3 is 2.45 bits per heavy atom. The van der Waals surface area contributed by atoms with Crippen LogP contribution in [0, 0.1) is 12.7 Å². The maximum atomic E-state index is 15.3. The molecule has 2 aromatic heterocycles. The lowest BCUT2D eigenvalue weighted by Crippen LogP contribution is -2.43. The summed E-state index contributed by atoms with van der Waals surface area (Å²) >= 11 is 0. The van der Waals surface area contributed by atoms with Crippen molar-refractivity contribution in [2.24, 2.45) is 0 Å². The van der Waals surface area contributed by atoms with Crippen molar-refractivity contribution in [2.75, 3.05) is 25.8 Å². The van der Waals surface area contributed by atoms with Gasteiger partial charge in [-0.1, -0.05) is 12.1 Å². The van der Waals surface area contributed by atoms with Crippen molar-refractivity contribution in [3.63, 3.8) is 0 Å². The number of pyridine rings is 1. The van der Waals surface area contributed by atoms with Crippen molar-refractivity contribution in [1.82, 2.24) is 15.0 Å². The van der Waals surface area contributed by atoms with Crippen LogP contribution in [0.3, 0.4) is 0 Å². The van der Waals surface area contributed by atoms with Crippen LogP contribution in [-0.4, -0.2) is 41.0 Å².